The molecule has 64 valence electrons. The minimum Gasteiger partial charge on any atom is -0.298 e. The number of halogens is 2. The van der Waals surface area contributed by atoms with Crippen molar-refractivity contribution < 1.29 is 4.79 Å². The van der Waals surface area contributed by atoms with Gasteiger partial charge in [-0.25, -0.2) is 0 Å². The van der Waals surface area contributed by atoms with E-state index in [-0.39, 0.29) is 0 Å². The number of hydrogen-bond acceptors (Lipinski definition) is 2. The molecule has 0 heterocycles. The SMILES string of the molecule is Cc1cc(C(=O)Cl)ccc1NCl. The Morgan fingerprint density at radius 1 is 1.50 bits per heavy atom. The van der Waals surface area contributed by atoms with Gasteiger partial charge in [-0.05, 0) is 42.3 Å². The normalized spacial score (nSPS) is 9.58. The highest BCUT2D eigenvalue weighted by molar-refractivity contribution is 6.67. The summed E-state index contributed by atoms with van der Waals surface area (Å²) in [6, 6.07) is 5.01. The Morgan fingerprint density at radius 3 is 2.58 bits per heavy atom. The van der Waals surface area contributed by atoms with Crippen LogP contribution < -0.4 is 4.84 Å². The van der Waals surface area contributed by atoms with Crippen molar-refractivity contribution >= 4 is 34.3 Å². The molecule has 0 aliphatic heterocycles. The maximum atomic E-state index is 10.7. The number of nitrogens with one attached hydrogen (secondary N) is 1. The fourth-order valence-corrected chi connectivity index (χ4v) is 1.22. The Hall–Kier alpha value is -0.730. The summed E-state index contributed by atoms with van der Waals surface area (Å²) in [6.45, 7) is 1.84. The van der Waals surface area contributed by atoms with Gasteiger partial charge in [0.15, 0.2) is 0 Å². The second kappa shape index (κ2) is 3.78. The third kappa shape index (κ3) is 1.90. The number of carbonyl (C=O) groups excluding carboxylic acids is 1. The van der Waals surface area contributed by atoms with E-state index >= 15 is 0 Å². The van der Waals surface area contributed by atoms with Crippen LogP contribution in [0.15, 0.2) is 18.2 Å². The maximum absolute atomic E-state index is 10.7. The molecule has 0 saturated carbocycles. The van der Waals surface area contributed by atoms with Gasteiger partial charge in [0.25, 0.3) is 5.24 Å². The topological polar surface area (TPSA) is 29.1 Å². The summed E-state index contributed by atoms with van der Waals surface area (Å²) in [6.07, 6.45) is 0. The average molecular weight is 204 g/mol. The van der Waals surface area contributed by atoms with E-state index in [0.29, 0.717) is 5.56 Å². The van der Waals surface area contributed by atoms with Gasteiger partial charge >= 0.3 is 0 Å². The molecule has 1 N–H and O–H groups in total. The second-order valence-corrected chi connectivity index (χ2v) is 2.93. The summed E-state index contributed by atoms with van der Waals surface area (Å²) in [5, 5.41) is -0.459. The third-order valence-corrected chi connectivity index (χ3v) is 1.98. The molecule has 0 spiro atoms. The van der Waals surface area contributed by atoms with Gasteiger partial charge in [0, 0.05) is 17.3 Å². The molecule has 2 nitrogen and oxygen atoms in total. The molecule has 0 aliphatic carbocycles. The van der Waals surface area contributed by atoms with Gasteiger partial charge in [-0.15, -0.1) is 0 Å². The van der Waals surface area contributed by atoms with Crippen molar-refractivity contribution in [2.24, 2.45) is 0 Å². The summed E-state index contributed by atoms with van der Waals surface area (Å²) in [5.41, 5.74) is 2.14. The molecule has 0 atom stereocenters. The first-order chi connectivity index (χ1) is 5.65. The molecule has 0 saturated heterocycles. The maximum Gasteiger partial charge on any atom is 0.252 e. The number of carbonyl (C=O) groups is 1. The smallest absolute Gasteiger partial charge is 0.252 e. The fraction of sp³-hybridized carbons (Fsp3) is 0.125. The van der Waals surface area contributed by atoms with Gasteiger partial charge in [-0.3, -0.25) is 9.63 Å². The molecule has 0 aliphatic rings. The van der Waals surface area contributed by atoms with E-state index in [1.54, 1.807) is 18.2 Å². The zero-order chi connectivity index (χ0) is 9.14. The Kier molecular flexibility index (Phi) is 2.95. The standard InChI is InChI=1S/C8H7Cl2NO/c1-5-4-6(8(9)12)2-3-7(5)11-10/h2-4,11H,1H3. The van der Waals surface area contributed by atoms with Crippen LogP contribution in [0.2, 0.25) is 0 Å². The zero-order valence-corrected chi connectivity index (χ0v) is 7.91. The van der Waals surface area contributed by atoms with Crippen molar-refractivity contribution in [1.29, 1.82) is 0 Å². The van der Waals surface area contributed by atoms with Crippen molar-refractivity contribution in [2.45, 2.75) is 6.92 Å². The summed E-state index contributed by atoms with van der Waals surface area (Å²) in [7, 11) is 0. The van der Waals surface area contributed by atoms with E-state index in [9.17, 15) is 4.79 Å². The summed E-state index contributed by atoms with van der Waals surface area (Å²) in [5.74, 6) is 0. The predicted octanol–water partition coefficient (Wildman–Crippen LogP) is 2.94. The fourth-order valence-electron chi connectivity index (χ4n) is 0.892. The van der Waals surface area contributed by atoms with Crippen molar-refractivity contribution in [3.63, 3.8) is 0 Å². The number of aryl methyl sites for hydroxylation is 1. The molecular weight excluding hydrogens is 197 g/mol. The van der Waals surface area contributed by atoms with Crippen molar-refractivity contribution in [2.75, 3.05) is 4.84 Å². The lowest BCUT2D eigenvalue weighted by Gasteiger charge is -2.03. The highest BCUT2D eigenvalue weighted by Crippen LogP contribution is 2.17. The van der Waals surface area contributed by atoms with Gasteiger partial charge in [0.05, 0.1) is 5.69 Å². The quantitative estimate of drug-likeness (QED) is 0.592. The van der Waals surface area contributed by atoms with E-state index in [2.05, 4.69) is 4.84 Å². The Balaban J connectivity index is 3.10. The number of benzene rings is 1. The number of rotatable bonds is 2. The van der Waals surface area contributed by atoms with E-state index in [4.69, 9.17) is 23.4 Å². The van der Waals surface area contributed by atoms with Crippen LogP contribution in [0.3, 0.4) is 0 Å². The molecule has 4 heteroatoms. The lowest BCUT2D eigenvalue weighted by Crippen LogP contribution is -1.92. The number of hydrogen-bond donors (Lipinski definition) is 1. The summed E-state index contributed by atoms with van der Waals surface area (Å²) in [4.78, 5) is 13.2. The Labute approximate surface area is 80.6 Å². The molecular formula is C8H7Cl2NO. The second-order valence-electron chi connectivity index (χ2n) is 2.40. The molecule has 1 rings (SSSR count). The molecule has 12 heavy (non-hydrogen) atoms. The van der Waals surface area contributed by atoms with E-state index in [1.165, 1.54) is 0 Å². The van der Waals surface area contributed by atoms with Crippen LogP contribution in [0, 0.1) is 6.92 Å². The Morgan fingerprint density at radius 2 is 2.17 bits per heavy atom. The molecule has 1 aromatic carbocycles. The van der Waals surface area contributed by atoms with Gasteiger partial charge in [0.2, 0.25) is 0 Å². The molecule has 0 radical (unpaired) electrons. The van der Waals surface area contributed by atoms with Crippen LogP contribution in [0.25, 0.3) is 0 Å². The van der Waals surface area contributed by atoms with Crippen LogP contribution in [0.4, 0.5) is 5.69 Å². The van der Waals surface area contributed by atoms with E-state index in [1.807, 2.05) is 6.92 Å². The molecule has 0 aromatic heterocycles. The molecule has 1 aromatic rings. The molecule has 0 unspecified atom stereocenters. The van der Waals surface area contributed by atoms with Crippen molar-refractivity contribution in [1.82, 2.24) is 0 Å². The summed E-state index contributed by atoms with van der Waals surface area (Å²) >= 11 is 10.7. The first kappa shape index (κ1) is 9.36. The van der Waals surface area contributed by atoms with Gasteiger partial charge < -0.3 is 0 Å². The van der Waals surface area contributed by atoms with Crippen LogP contribution in [-0.4, -0.2) is 5.24 Å². The van der Waals surface area contributed by atoms with Crippen LogP contribution in [0.5, 0.6) is 0 Å². The minimum absolute atomic E-state index is 0.459. The Bertz CT molecular complexity index is 312. The largest absolute Gasteiger partial charge is 0.298 e. The molecule has 0 amide bonds. The van der Waals surface area contributed by atoms with E-state index < -0.39 is 5.24 Å². The monoisotopic (exact) mass is 203 g/mol. The highest BCUT2D eigenvalue weighted by atomic mass is 35.5. The average Bonchev–Trinajstić information content (AvgIpc) is 2.04. The van der Waals surface area contributed by atoms with E-state index in [0.717, 1.165) is 11.3 Å². The van der Waals surface area contributed by atoms with Crippen LogP contribution >= 0.6 is 23.4 Å². The molecule has 0 bridgehead atoms. The first-order valence-corrected chi connectivity index (χ1v) is 4.08. The van der Waals surface area contributed by atoms with Gasteiger partial charge in [-0.1, -0.05) is 0 Å². The minimum atomic E-state index is -0.459. The highest BCUT2D eigenvalue weighted by Gasteiger charge is 2.03. The predicted molar refractivity (Wildman–Crippen MR) is 50.8 cm³/mol. The van der Waals surface area contributed by atoms with Crippen LogP contribution in [-0.2, 0) is 0 Å². The first-order valence-electron chi connectivity index (χ1n) is 3.32. The van der Waals surface area contributed by atoms with Gasteiger partial charge in [0.1, 0.15) is 0 Å². The van der Waals surface area contributed by atoms with Crippen molar-refractivity contribution in [3.8, 4) is 0 Å². The zero-order valence-electron chi connectivity index (χ0n) is 6.40. The lowest BCUT2D eigenvalue weighted by molar-refractivity contribution is 0.108. The lowest BCUT2D eigenvalue weighted by atomic mass is 10.1. The van der Waals surface area contributed by atoms with Crippen LogP contribution in [0.1, 0.15) is 15.9 Å². The molecule has 0 fully saturated rings. The number of anilines is 1. The van der Waals surface area contributed by atoms with Gasteiger partial charge in [-0.2, -0.15) is 0 Å². The summed E-state index contributed by atoms with van der Waals surface area (Å²) < 4.78 is 0. The van der Waals surface area contributed by atoms with Crippen molar-refractivity contribution in [3.05, 3.63) is 29.3 Å². The third-order valence-electron chi connectivity index (χ3n) is 1.56.